The monoisotopic (exact) mass is 912 g/mol. The Hall–Kier alpha value is -2.18. The van der Waals surface area contributed by atoms with E-state index in [-0.39, 0.29) is 18.5 Å². The molecular formula is C59H109NO5. The van der Waals surface area contributed by atoms with Crippen molar-refractivity contribution in [3.63, 3.8) is 0 Å². The van der Waals surface area contributed by atoms with Gasteiger partial charge in [-0.2, -0.15) is 0 Å². The Labute approximate surface area is 404 Å². The number of aliphatic hydroxyl groups excluding tert-OH is 2. The number of rotatable bonds is 52. The van der Waals surface area contributed by atoms with Crippen LogP contribution >= 0.6 is 0 Å². The van der Waals surface area contributed by atoms with E-state index in [9.17, 15) is 19.8 Å². The quantitative estimate of drug-likeness (QED) is 0.0321. The lowest BCUT2D eigenvalue weighted by atomic mass is 10.0. The average molecular weight is 913 g/mol. The van der Waals surface area contributed by atoms with Gasteiger partial charge in [-0.15, -0.1) is 0 Å². The fraction of sp³-hybridized carbons (Fsp3) is 0.831. The molecule has 65 heavy (non-hydrogen) atoms. The van der Waals surface area contributed by atoms with Gasteiger partial charge in [0.25, 0.3) is 0 Å². The highest BCUT2D eigenvalue weighted by Crippen LogP contribution is 2.17. The number of ether oxygens (including phenoxy) is 1. The molecular weight excluding hydrogens is 803 g/mol. The van der Waals surface area contributed by atoms with Gasteiger partial charge in [-0.25, -0.2) is 0 Å². The molecule has 0 rings (SSSR count). The molecule has 0 bridgehead atoms. The number of carbonyl (C=O) groups is 2. The number of amides is 1. The van der Waals surface area contributed by atoms with Crippen LogP contribution < -0.4 is 5.32 Å². The highest BCUT2D eigenvalue weighted by atomic mass is 16.5. The van der Waals surface area contributed by atoms with Crippen molar-refractivity contribution >= 4 is 11.9 Å². The summed E-state index contributed by atoms with van der Waals surface area (Å²) < 4.78 is 5.39. The van der Waals surface area contributed by atoms with Gasteiger partial charge in [-0.1, -0.05) is 255 Å². The van der Waals surface area contributed by atoms with Crippen LogP contribution in [0.5, 0.6) is 0 Å². The molecule has 0 aliphatic heterocycles. The summed E-state index contributed by atoms with van der Waals surface area (Å²) in [5, 5.41) is 23.2. The molecule has 2 atom stereocenters. The zero-order chi connectivity index (χ0) is 47.2. The van der Waals surface area contributed by atoms with Crippen molar-refractivity contribution in [3.8, 4) is 0 Å². The van der Waals surface area contributed by atoms with Crippen LogP contribution in [0.15, 0.2) is 48.6 Å². The van der Waals surface area contributed by atoms with Gasteiger partial charge in [0, 0.05) is 12.8 Å². The van der Waals surface area contributed by atoms with Crippen LogP contribution in [-0.4, -0.2) is 47.4 Å². The number of esters is 1. The summed E-state index contributed by atoms with van der Waals surface area (Å²) >= 11 is 0. The molecule has 380 valence electrons. The Morgan fingerprint density at radius 2 is 0.800 bits per heavy atom. The minimum absolute atomic E-state index is 0.0401. The molecule has 0 aliphatic rings. The number of carbonyl (C=O) groups excluding carboxylic acids is 2. The van der Waals surface area contributed by atoms with Gasteiger partial charge in [-0.05, 0) is 70.6 Å². The van der Waals surface area contributed by atoms with Gasteiger partial charge in [0.1, 0.15) is 0 Å². The van der Waals surface area contributed by atoms with Gasteiger partial charge in [-0.3, -0.25) is 9.59 Å². The number of allylic oxidation sites excluding steroid dienone is 7. The zero-order valence-corrected chi connectivity index (χ0v) is 43.2. The summed E-state index contributed by atoms with van der Waals surface area (Å²) in [4.78, 5) is 24.4. The maximum absolute atomic E-state index is 12.5. The van der Waals surface area contributed by atoms with Gasteiger partial charge in [0.05, 0.1) is 25.4 Å². The molecule has 0 aliphatic carbocycles. The van der Waals surface area contributed by atoms with E-state index in [1.54, 1.807) is 0 Å². The molecule has 0 radical (unpaired) electrons. The molecule has 1 amide bonds. The van der Waals surface area contributed by atoms with Crippen LogP contribution in [0, 0.1) is 0 Å². The molecule has 3 N–H and O–H groups in total. The van der Waals surface area contributed by atoms with E-state index in [0.29, 0.717) is 25.9 Å². The molecule has 0 spiro atoms. The number of hydrogen-bond donors (Lipinski definition) is 3. The highest BCUT2D eigenvalue weighted by Gasteiger charge is 2.20. The van der Waals surface area contributed by atoms with Gasteiger partial charge in [0.2, 0.25) is 5.91 Å². The second-order valence-electron chi connectivity index (χ2n) is 19.3. The van der Waals surface area contributed by atoms with E-state index in [0.717, 1.165) is 64.2 Å². The van der Waals surface area contributed by atoms with Gasteiger partial charge < -0.3 is 20.3 Å². The number of unbranched alkanes of at least 4 members (excludes halogenated alkanes) is 33. The van der Waals surface area contributed by atoms with E-state index in [1.807, 2.05) is 0 Å². The summed E-state index contributed by atoms with van der Waals surface area (Å²) in [7, 11) is 0. The molecule has 0 aromatic carbocycles. The molecule has 0 heterocycles. The minimum atomic E-state index is -0.668. The van der Waals surface area contributed by atoms with Crippen LogP contribution in [0.4, 0.5) is 0 Å². The summed E-state index contributed by atoms with van der Waals surface area (Å²) in [6.07, 6.45) is 68.3. The van der Waals surface area contributed by atoms with E-state index in [4.69, 9.17) is 4.74 Å². The Bertz CT molecular complexity index is 1100. The topological polar surface area (TPSA) is 95.9 Å². The number of aliphatic hydroxyl groups is 2. The smallest absolute Gasteiger partial charge is 0.305 e. The summed E-state index contributed by atoms with van der Waals surface area (Å²) in [6.45, 7) is 4.77. The summed E-state index contributed by atoms with van der Waals surface area (Å²) in [6, 6.07) is -0.546. The Balaban J connectivity index is 3.47. The van der Waals surface area contributed by atoms with Gasteiger partial charge in [0.15, 0.2) is 0 Å². The SMILES string of the molecule is CCC/C=C\C/C=C\CCCCCCCC(=O)OCC/C=C\C/C=C\CCCCCCCCCCCCCCCCC(=O)NC(CO)C(O)CCCCCCCCCCCCCCCC. The Kier molecular flexibility index (Phi) is 52.6. The molecule has 0 aromatic heterocycles. The van der Waals surface area contributed by atoms with E-state index in [1.165, 1.54) is 193 Å². The first-order valence-corrected chi connectivity index (χ1v) is 28.4. The summed E-state index contributed by atoms with van der Waals surface area (Å²) in [5.41, 5.74) is 0. The average Bonchev–Trinajstić information content (AvgIpc) is 3.31. The second-order valence-corrected chi connectivity index (χ2v) is 19.3. The van der Waals surface area contributed by atoms with Crippen molar-refractivity contribution in [1.29, 1.82) is 0 Å². The molecule has 6 nitrogen and oxygen atoms in total. The molecule has 0 saturated heterocycles. The lowest BCUT2D eigenvalue weighted by Gasteiger charge is -2.22. The Morgan fingerprint density at radius 1 is 0.431 bits per heavy atom. The van der Waals surface area contributed by atoms with E-state index in [2.05, 4.69) is 67.8 Å². The first-order valence-electron chi connectivity index (χ1n) is 28.4. The predicted octanol–water partition coefficient (Wildman–Crippen LogP) is 17.4. The third-order valence-corrected chi connectivity index (χ3v) is 12.9. The predicted molar refractivity (Wildman–Crippen MR) is 282 cm³/mol. The van der Waals surface area contributed by atoms with Crippen molar-refractivity contribution in [3.05, 3.63) is 48.6 Å². The Morgan fingerprint density at radius 3 is 1.23 bits per heavy atom. The minimum Gasteiger partial charge on any atom is -0.465 e. The van der Waals surface area contributed by atoms with Crippen molar-refractivity contribution in [2.75, 3.05) is 13.2 Å². The lowest BCUT2D eigenvalue weighted by molar-refractivity contribution is -0.143. The van der Waals surface area contributed by atoms with E-state index >= 15 is 0 Å². The molecule has 0 aromatic rings. The summed E-state index contributed by atoms with van der Waals surface area (Å²) in [5.74, 6) is -0.0912. The van der Waals surface area contributed by atoms with Crippen molar-refractivity contribution < 1.29 is 24.5 Å². The second kappa shape index (κ2) is 54.4. The van der Waals surface area contributed by atoms with Gasteiger partial charge >= 0.3 is 5.97 Å². The first-order chi connectivity index (χ1) is 32.0. The fourth-order valence-electron chi connectivity index (χ4n) is 8.52. The maximum atomic E-state index is 12.5. The molecule has 0 fully saturated rings. The molecule has 0 saturated carbocycles. The molecule has 2 unspecified atom stereocenters. The maximum Gasteiger partial charge on any atom is 0.305 e. The highest BCUT2D eigenvalue weighted by molar-refractivity contribution is 5.76. The number of hydrogen-bond acceptors (Lipinski definition) is 5. The van der Waals surface area contributed by atoms with Crippen molar-refractivity contribution in [2.24, 2.45) is 0 Å². The van der Waals surface area contributed by atoms with Crippen LogP contribution in [0.1, 0.15) is 290 Å². The normalized spacial score (nSPS) is 13.0. The first kappa shape index (κ1) is 62.8. The van der Waals surface area contributed by atoms with Crippen LogP contribution in [0.2, 0.25) is 0 Å². The van der Waals surface area contributed by atoms with Crippen molar-refractivity contribution in [1.82, 2.24) is 5.32 Å². The van der Waals surface area contributed by atoms with Crippen LogP contribution in [0.25, 0.3) is 0 Å². The molecule has 6 heteroatoms. The van der Waals surface area contributed by atoms with Crippen molar-refractivity contribution in [2.45, 2.75) is 302 Å². The standard InChI is InChI=1S/C59H109NO5/c1-3-5-7-9-11-13-15-17-28-31-35-39-43-47-51-57(62)56(55-61)60-58(63)52-48-44-40-36-32-29-25-23-21-19-18-20-22-24-26-30-34-38-42-46-50-54-65-59(64)53-49-45-41-37-33-27-16-14-12-10-8-6-4-2/h8,10,14,16,30,34,42,46,56-57,61-62H,3-7,9,11-13,15,17-29,31-33,35-41,43-45,47-55H2,1-2H3,(H,60,63)/b10-8-,16-14-,34-30-,46-42-. The fourth-order valence-corrected chi connectivity index (χ4v) is 8.52. The third kappa shape index (κ3) is 51.1. The number of nitrogens with one attached hydrogen (secondary N) is 1. The largest absolute Gasteiger partial charge is 0.465 e. The zero-order valence-electron chi connectivity index (χ0n) is 43.2. The van der Waals surface area contributed by atoms with Crippen LogP contribution in [-0.2, 0) is 14.3 Å². The lowest BCUT2D eigenvalue weighted by Crippen LogP contribution is -2.45. The van der Waals surface area contributed by atoms with E-state index < -0.39 is 12.1 Å². The van der Waals surface area contributed by atoms with Crippen LogP contribution in [0.3, 0.4) is 0 Å². The third-order valence-electron chi connectivity index (χ3n) is 12.9.